The Kier molecular flexibility index (Phi) is 6.18. The second-order valence-electron chi connectivity index (χ2n) is 8.24. The van der Waals surface area contributed by atoms with Crippen molar-refractivity contribution < 1.29 is 14.3 Å². The summed E-state index contributed by atoms with van der Waals surface area (Å²) in [6.07, 6.45) is 2.21. The lowest BCUT2D eigenvalue weighted by Gasteiger charge is -2.37. The van der Waals surface area contributed by atoms with Crippen molar-refractivity contribution in [1.29, 1.82) is 0 Å². The van der Waals surface area contributed by atoms with E-state index in [1.165, 1.54) is 11.3 Å². The van der Waals surface area contributed by atoms with E-state index in [1.807, 2.05) is 51.1 Å². The highest BCUT2D eigenvalue weighted by Gasteiger charge is 2.44. The highest BCUT2D eigenvalue weighted by molar-refractivity contribution is 7.13. The van der Waals surface area contributed by atoms with Gasteiger partial charge in [0.2, 0.25) is 22.8 Å². The number of benzene rings is 1. The number of carbonyl (C=O) groups excluding carboxylic acids is 2. The first-order chi connectivity index (χ1) is 15.4. The summed E-state index contributed by atoms with van der Waals surface area (Å²) in [7, 11) is 0. The monoisotopic (exact) mass is 451 g/mol. The van der Waals surface area contributed by atoms with E-state index in [0.717, 1.165) is 24.0 Å². The van der Waals surface area contributed by atoms with Crippen LogP contribution >= 0.6 is 11.3 Å². The van der Waals surface area contributed by atoms with Crippen LogP contribution in [0.2, 0.25) is 0 Å². The number of nitrogens with zero attached hydrogens (tertiary/aromatic N) is 3. The molecular weight excluding hydrogens is 426 g/mol. The summed E-state index contributed by atoms with van der Waals surface area (Å²) in [6.45, 7) is 5.82. The van der Waals surface area contributed by atoms with E-state index < -0.39 is 5.41 Å². The lowest BCUT2D eigenvalue weighted by molar-refractivity contribution is -0.124. The number of unbranched alkanes of at least 4 members (excludes halogenated alkanes) is 1. The number of rotatable bonds is 7. The van der Waals surface area contributed by atoms with Crippen molar-refractivity contribution in [3.8, 4) is 11.6 Å². The largest absolute Gasteiger partial charge is 0.438 e. The van der Waals surface area contributed by atoms with Gasteiger partial charge < -0.3 is 15.4 Å². The fourth-order valence-electron chi connectivity index (χ4n) is 3.84. The molecule has 1 aliphatic rings. The zero-order chi connectivity index (χ0) is 22.7. The molecule has 0 bridgehead atoms. The van der Waals surface area contributed by atoms with Crippen LogP contribution in [0.25, 0.3) is 0 Å². The third-order valence-corrected chi connectivity index (χ3v) is 6.16. The van der Waals surface area contributed by atoms with Crippen LogP contribution in [0.15, 0.2) is 41.9 Å². The number of carbonyl (C=O) groups is 2. The van der Waals surface area contributed by atoms with Gasteiger partial charge in [-0.2, -0.15) is 4.98 Å². The molecule has 0 radical (unpaired) electrons. The van der Waals surface area contributed by atoms with Crippen LogP contribution in [0.1, 0.15) is 57.1 Å². The zero-order valence-electron chi connectivity index (χ0n) is 18.2. The van der Waals surface area contributed by atoms with Gasteiger partial charge in [0, 0.05) is 23.5 Å². The first-order valence-corrected chi connectivity index (χ1v) is 11.4. The molecule has 3 heterocycles. The average molecular weight is 452 g/mol. The molecule has 9 heteroatoms. The maximum atomic E-state index is 13.3. The summed E-state index contributed by atoms with van der Waals surface area (Å²) in [5, 5.41) is 13.9. The number of pyridine rings is 1. The van der Waals surface area contributed by atoms with Crippen molar-refractivity contribution in [1.82, 2.24) is 15.2 Å². The summed E-state index contributed by atoms with van der Waals surface area (Å²) in [5.74, 6) is 0.886. The van der Waals surface area contributed by atoms with Gasteiger partial charge in [-0.05, 0) is 24.6 Å². The fraction of sp³-hybridized carbons (Fsp3) is 0.348. The summed E-state index contributed by atoms with van der Waals surface area (Å²) in [5.41, 5.74) is 2.40. The topological polar surface area (TPSA) is 106 Å². The number of anilines is 2. The van der Waals surface area contributed by atoms with Crippen LogP contribution in [-0.4, -0.2) is 27.0 Å². The summed E-state index contributed by atoms with van der Waals surface area (Å²) >= 11 is 1.27. The van der Waals surface area contributed by atoms with Gasteiger partial charge in [0.25, 0.3) is 0 Å². The number of hydrogen-bond acceptors (Lipinski definition) is 7. The van der Waals surface area contributed by atoms with Crippen LogP contribution in [0.4, 0.5) is 10.9 Å². The molecule has 0 saturated carbocycles. The van der Waals surface area contributed by atoms with Crippen molar-refractivity contribution in [2.45, 2.75) is 46.0 Å². The van der Waals surface area contributed by atoms with Gasteiger partial charge in [-0.1, -0.05) is 56.7 Å². The van der Waals surface area contributed by atoms with Crippen LogP contribution in [0.3, 0.4) is 0 Å². The molecular formula is C23H25N5O3S. The van der Waals surface area contributed by atoms with Gasteiger partial charge in [0.15, 0.2) is 0 Å². The summed E-state index contributed by atoms with van der Waals surface area (Å²) in [6, 6.07) is 11.3. The van der Waals surface area contributed by atoms with Crippen LogP contribution in [0, 0.1) is 5.41 Å². The van der Waals surface area contributed by atoms with Crippen molar-refractivity contribution in [3.63, 3.8) is 0 Å². The van der Waals surface area contributed by atoms with Gasteiger partial charge in [0.05, 0.1) is 5.41 Å². The lowest BCUT2D eigenvalue weighted by Crippen LogP contribution is -2.38. The van der Waals surface area contributed by atoms with Crippen LogP contribution in [0.5, 0.6) is 11.6 Å². The molecule has 0 aliphatic carbocycles. The molecule has 0 saturated heterocycles. The molecule has 1 aromatic carbocycles. The second-order valence-corrected chi connectivity index (χ2v) is 9.07. The normalized spacial score (nSPS) is 14.7. The quantitative estimate of drug-likeness (QED) is 0.526. The third-order valence-electron chi connectivity index (χ3n) is 5.55. The SMILES string of the molecule is CCCCC(=O)Nc1ccc2c(n1)Oc1ccccc1[C@@H]2C(C)(C)C(=O)Nc1nncs1. The van der Waals surface area contributed by atoms with E-state index >= 15 is 0 Å². The van der Waals surface area contributed by atoms with Crippen LogP contribution in [-0.2, 0) is 9.59 Å². The van der Waals surface area contributed by atoms with Crippen LogP contribution < -0.4 is 15.4 Å². The standard InChI is InChI=1S/C23H25N5O3S/c1-4-5-10-18(29)25-17-12-11-15-19(14-8-6-7-9-16(14)31-20(15)26-17)23(2,3)21(30)27-22-28-24-13-32-22/h6-9,11-13,19H,4-5,10H2,1-3H3,(H,25,26,29)(H,27,28,30)/t19-/m0/s1. The Labute approximate surface area is 190 Å². The molecule has 2 aromatic heterocycles. The third kappa shape index (κ3) is 4.34. The van der Waals surface area contributed by atoms with Gasteiger partial charge in [-0.25, -0.2) is 0 Å². The molecule has 1 atom stereocenters. The number of ether oxygens (including phenoxy) is 1. The summed E-state index contributed by atoms with van der Waals surface area (Å²) < 4.78 is 6.08. The number of fused-ring (bicyclic) bond motifs is 2. The Balaban J connectivity index is 1.68. The molecule has 166 valence electrons. The van der Waals surface area contributed by atoms with Gasteiger partial charge in [0.1, 0.15) is 17.1 Å². The molecule has 1 aliphatic heterocycles. The molecule has 4 rings (SSSR count). The maximum Gasteiger partial charge on any atom is 0.232 e. The number of para-hydroxylation sites is 1. The molecule has 2 N–H and O–H groups in total. The molecule has 0 spiro atoms. The van der Waals surface area contributed by atoms with Crippen molar-refractivity contribution in [3.05, 3.63) is 53.0 Å². The summed E-state index contributed by atoms with van der Waals surface area (Å²) in [4.78, 5) is 30.0. The van der Waals surface area contributed by atoms with Gasteiger partial charge >= 0.3 is 0 Å². The number of nitrogens with one attached hydrogen (secondary N) is 2. The highest BCUT2D eigenvalue weighted by Crippen LogP contribution is 2.51. The molecule has 32 heavy (non-hydrogen) atoms. The second kappa shape index (κ2) is 9.04. The minimum absolute atomic E-state index is 0.0798. The molecule has 0 unspecified atom stereocenters. The van der Waals surface area contributed by atoms with E-state index in [-0.39, 0.29) is 17.7 Å². The van der Waals surface area contributed by atoms with Gasteiger partial charge in [-0.3, -0.25) is 9.59 Å². The van der Waals surface area contributed by atoms with E-state index in [0.29, 0.717) is 29.0 Å². The Morgan fingerprint density at radius 1 is 1.12 bits per heavy atom. The first-order valence-electron chi connectivity index (χ1n) is 10.6. The van der Waals surface area contributed by atoms with Crippen molar-refractivity contribution in [2.24, 2.45) is 5.41 Å². The van der Waals surface area contributed by atoms with E-state index in [4.69, 9.17) is 4.74 Å². The molecule has 0 fully saturated rings. The zero-order valence-corrected chi connectivity index (χ0v) is 19.0. The first kappa shape index (κ1) is 21.9. The fourth-order valence-corrected chi connectivity index (χ4v) is 4.28. The van der Waals surface area contributed by atoms with E-state index in [9.17, 15) is 9.59 Å². The minimum atomic E-state index is -0.853. The lowest BCUT2D eigenvalue weighted by atomic mass is 9.70. The Morgan fingerprint density at radius 3 is 2.69 bits per heavy atom. The number of aromatic nitrogens is 3. The highest BCUT2D eigenvalue weighted by atomic mass is 32.1. The predicted octanol–water partition coefficient (Wildman–Crippen LogP) is 4.96. The Hall–Kier alpha value is -3.33. The molecule has 2 amide bonds. The van der Waals surface area contributed by atoms with E-state index in [2.05, 4.69) is 25.8 Å². The Bertz CT molecular complexity index is 1130. The average Bonchev–Trinajstić information content (AvgIpc) is 3.28. The molecule has 8 nitrogen and oxygen atoms in total. The number of amides is 2. The minimum Gasteiger partial charge on any atom is -0.438 e. The number of hydrogen-bond donors (Lipinski definition) is 2. The predicted molar refractivity (Wildman–Crippen MR) is 123 cm³/mol. The van der Waals surface area contributed by atoms with E-state index in [1.54, 1.807) is 11.6 Å². The van der Waals surface area contributed by atoms with Crippen molar-refractivity contribution >= 4 is 34.1 Å². The van der Waals surface area contributed by atoms with Crippen molar-refractivity contribution in [2.75, 3.05) is 10.6 Å². The maximum absolute atomic E-state index is 13.3. The smallest absolute Gasteiger partial charge is 0.232 e. The molecule has 3 aromatic rings. The van der Waals surface area contributed by atoms with Gasteiger partial charge in [-0.15, -0.1) is 10.2 Å². The Morgan fingerprint density at radius 2 is 1.94 bits per heavy atom.